The Morgan fingerprint density at radius 3 is 2.50 bits per heavy atom. The van der Waals surface area contributed by atoms with Crippen molar-refractivity contribution in [2.45, 2.75) is 48.4 Å². The van der Waals surface area contributed by atoms with Crippen molar-refractivity contribution in [2.75, 3.05) is 0 Å². The van der Waals surface area contributed by atoms with Crippen molar-refractivity contribution in [3.63, 3.8) is 0 Å². The number of benzene rings is 1. The van der Waals surface area contributed by atoms with E-state index in [0.29, 0.717) is 17.7 Å². The van der Waals surface area contributed by atoms with Crippen LogP contribution in [0.15, 0.2) is 29.2 Å². The summed E-state index contributed by atoms with van der Waals surface area (Å²) >= 11 is 0. The van der Waals surface area contributed by atoms with Crippen molar-refractivity contribution in [2.24, 2.45) is 11.5 Å². The lowest BCUT2D eigenvalue weighted by Crippen LogP contribution is -2.62. The van der Waals surface area contributed by atoms with E-state index in [0.717, 1.165) is 18.4 Å². The van der Waals surface area contributed by atoms with Crippen LogP contribution in [-0.4, -0.2) is 19.3 Å². The standard InChI is InChI=1S/C13H20N2O2S/c1-10-6-2-3-7-11(10)18(16,17)12-8-4-5-9-13(12,14)15/h2-3,6-7,12H,4-5,8-9,14-15H2,1H3. The zero-order chi connectivity index (χ0) is 13.4. The third-order valence-corrected chi connectivity index (χ3v) is 6.20. The summed E-state index contributed by atoms with van der Waals surface area (Å²) in [5.74, 6) is 0. The van der Waals surface area contributed by atoms with Crippen LogP contribution in [-0.2, 0) is 9.84 Å². The number of rotatable bonds is 2. The minimum Gasteiger partial charge on any atom is -0.312 e. The van der Waals surface area contributed by atoms with Crippen LogP contribution in [0.4, 0.5) is 0 Å². The normalized spacial score (nSPS) is 23.8. The predicted octanol–water partition coefficient (Wildman–Crippen LogP) is 1.33. The number of hydrogen-bond acceptors (Lipinski definition) is 4. The van der Waals surface area contributed by atoms with E-state index in [1.165, 1.54) is 0 Å². The SMILES string of the molecule is Cc1ccccc1S(=O)(=O)C1CCCCC1(N)N. The molecule has 0 radical (unpaired) electrons. The van der Waals surface area contributed by atoms with Gasteiger partial charge >= 0.3 is 0 Å². The fourth-order valence-corrected chi connectivity index (χ4v) is 4.93. The van der Waals surface area contributed by atoms with E-state index < -0.39 is 20.8 Å². The van der Waals surface area contributed by atoms with E-state index in [1.54, 1.807) is 25.1 Å². The number of nitrogens with two attached hydrogens (primary N) is 2. The maximum absolute atomic E-state index is 12.7. The molecule has 0 saturated heterocycles. The lowest BCUT2D eigenvalue weighted by atomic mass is 9.90. The molecule has 0 aliphatic heterocycles. The molecule has 0 amide bonds. The molecule has 0 spiro atoms. The lowest BCUT2D eigenvalue weighted by Gasteiger charge is -2.37. The van der Waals surface area contributed by atoms with Gasteiger partial charge in [-0.2, -0.15) is 0 Å². The van der Waals surface area contributed by atoms with E-state index in [-0.39, 0.29) is 0 Å². The van der Waals surface area contributed by atoms with Crippen LogP contribution in [0.25, 0.3) is 0 Å². The first-order valence-electron chi connectivity index (χ1n) is 6.23. The minimum absolute atomic E-state index is 0.358. The zero-order valence-electron chi connectivity index (χ0n) is 10.6. The van der Waals surface area contributed by atoms with Crippen molar-refractivity contribution in [1.82, 2.24) is 0 Å². The van der Waals surface area contributed by atoms with Crippen LogP contribution in [0, 0.1) is 6.92 Å². The molecular formula is C13H20N2O2S. The van der Waals surface area contributed by atoms with Gasteiger partial charge in [0.25, 0.3) is 0 Å². The molecule has 0 heterocycles. The minimum atomic E-state index is -3.45. The van der Waals surface area contributed by atoms with Gasteiger partial charge in [-0.25, -0.2) is 8.42 Å². The second-order valence-electron chi connectivity index (χ2n) is 5.16. The molecule has 4 N–H and O–H groups in total. The molecule has 1 atom stereocenters. The fraction of sp³-hybridized carbons (Fsp3) is 0.538. The molecule has 1 aromatic rings. The van der Waals surface area contributed by atoms with Crippen LogP contribution in [0.2, 0.25) is 0 Å². The van der Waals surface area contributed by atoms with Crippen LogP contribution in [0.1, 0.15) is 31.2 Å². The predicted molar refractivity (Wildman–Crippen MR) is 71.7 cm³/mol. The highest BCUT2D eigenvalue weighted by Gasteiger charge is 2.43. The lowest BCUT2D eigenvalue weighted by molar-refractivity contribution is 0.306. The molecule has 1 aromatic carbocycles. The smallest absolute Gasteiger partial charge is 0.184 e. The van der Waals surface area contributed by atoms with Crippen molar-refractivity contribution in [3.8, 4) is 0 Å². The molecule has 5 heteroatoms. The quantitative estimate of drug-likeness (QED) is 0.792. The first kappa shape index (κ1) is 13.5. The van der Waals surface area contributed by atoms with Gasteiger partial charge in [-0.15, -0.1) is 0 Å². The van der Waals surface area contributed by atoms with Crippen LogP contribution < -0.4 is 11.5 Å². The molecule has 1 fully saturated rings. The van der Waals surface area contributed by atoms with E-state index >= 15 is 0 Å². The molecule has 2 rings (SSSR count). The molecule has 4 nitrogen and oxygen atoms in total. The number of sulfone groups is 1. The van der Waals surface area contributed by atoms with Gasteiger partial charge in [-0.05, 0) is 31.4 Å². The summed E-state index contributed by atoms with van der Waals surface area (Å²) in [6.45, 7) is 1.80. The summed E-state index contributed by atoms with van der Waals surface area (Å²) in [4.78, 5) is 0.358. The Bertz CT molecular complexity index is 538. The van der Waals surface area contributed by atoms with E-state index in [2.05, 4.69) is 0 Å². The largest absolute Gasteiger partial charge is 0.312 e. The Kier molecular flexibility index (Phi) is 3.49. The Morgan fingerprint density at radius 2 is 1.89 bits per heavy atom. The summed E-state index contributed by atoms with van der Waals surface area (Å²) in [5, 5.41) is -0.681. The highest BCUT2D eigenvalue weighted by molar-refractivity contribution is 7.92. The molecule has 1 saturated carbocycles. The number of hydrogen-bond donors (Lipinski definition) is 2. The Labute approximate surface area is 108 Å². The molecule has 1 aliphatic rings. The van der Waals surface area contributed by atoms with Gasteiger partial charge in [0.2, 0.25) is 0 Å². The maximum Gasteiger partial charge on any atom is 0.184 e. The van der Waals surface area contributed by atoms with Crippen molar-refractivity contribution >= 4 is 9.84 Å². The molecule has 1 unspecified atom stereocenters. The average Bonchev–Trinajstić information content (AvgIpc) is 2.28. The topological polar surface area (TPSA) is 86.2 Å². The second kappa shape index (κ2) is 4.64. The highest BCUT2D eigenvalue weighted by atomic mass is 32.2. The monoisotopic (exact) mass is 268 g/mol. The first-order chi connectivity index (χ1) is 8.36. The summed E-state index contributed by atoms with van der Waals surface area (Å²) in [6, 6.07) is 6.99. The third kappa shape index (κ3) is 2.30. The third-order valence-electron chi connectivity index (χ3n) is 3.70. The van der Waals surface area contributed by atoms with Crippen LogP contribution >= 0.6 is 0 Å². The van der Waals surface area contributed by atoms with Crippen molar-refractivity contribution in [1.29, 1.82) is 0 Å². The molecule has 1 aliphatic carbocycles. The van der Waals surface area contributed by atoms with E-state index in [1.807, 2.05) is 6.07 Å². The van der Waals surface area contributed by atoms with Gasteiger partial charge in [0, 0.05) is 0 Å². The highest BCUT2D eigenvalue weighted by Crippen LogP contribution is 2.32. The van der Waals surface area contributed by atoms with E-state index in [4.69, 9.17) is 11.5 Å². The van der Waals surface area contributed by atoms with Crippen molar-refractivity contribution in [3.05, 3.63) is 29.8 Å². The Morgan fingerprint density at radius 1 is 1.22 bits per heavy atom. The summed E-state index contributed by atoms with van der Waals surface area (Å²) < 4.78 is 25.3. The first-order valence-corrected chi connectivity index (χ1v) is 7.77. The maximum atomic E-state index is 12.7. The summed E-state index contributed by atoms with van der Waals surface area (Å²) in [5.41, 5.74) is 11.6. The molecular weight excluding hydrogens is 248 g/mol. The van der Waals surface area contributed by atoms with Crippen LogP contribution in [0.5, 0.6) is 0 Å². The van der Waals surface area contributed by atoms with Gasteiger partial charge < -0.3 is 11.5 Å². The van der Waals surface area contributed by atoms with E-state index in [9.17, 15) is 8.42 Å². The van der Waals surface area contributed by atoms with Gasteiger partial charge in [0.1, 0.15) is 0 Å². The molecule has 18 heavy (non-hydrogen) atoms. The second-order valence-corrected chi connectivity index (χ2v) is 7.26. The fourth-order valence-electron chi connectivity index (χ4n) is 2.66. The van der Waals surface area contributed by atoms with Gasteiger partial charge in [-0.1, -0.05) is 31.0 Å². The summed E-state index contributed by atoms with van der Waals surface area (Å²) in [7, 11) is -3.45. The van der Waals surface area contributed by atoms with Gasteiger partial charge in [0.15, 0.2) is 9.84 Å². The van der Waals surface area contributed by atoms with Crippen molar-refractivity contribution < 1.29 is 8.42 Å². The van der Waals surface area contributed by atoms with Gasteiger partial charge in [0.05, 0.1) is 15.8 Å². The van der Waals surface area contributed by atoms with Gasteiger partial charge in [-0.3, -0.25) is 0 Å². The molecule has 0 bridgehead atoms. The van der Waals surface area contributed by atoms with Crippen LogP contribution in [0.3, 0.4) is 0 Å². The number of aryl methyl sites for hydroxylation is 1. The Hall–Kier alpha value is -0.910. The zero-order valence-corrected chi connectivity index (χ0v) is 11.4. The summed E-state index contributed by atoms with van der Waals surface area (Å²) in [6.07, 6.45) is 2.87. The molecule has 100 valence electrons. The average molecular weight is 268 g/mol. The molecule has 0 aromatic heterocycles. The Balaban J connectivity index is 2.46.